The van der Waals surface area contributed by atoms with Crippen molar-refractivity contribution in [2.24, 2.45) is 0 Å². The van der Waals surface area contributed by atoms with Gasteiger partial charge < -0.3 is 4.74 Å². The largest absolute Gasteiger partial charge is 0.468 e. The van der Waals surface area contributed by atoms with Crippen LogP contribution in [0.15, 0.2) is 47.5 Å². The molecule has 0 radical (unpaired) electrons. The number of sulfonamides is 1. The summed E-state index contributed by atoms with van der Waals surface area (Å²) in [5.74, 6) is -0.710. The molecule has 0 aliphatic carbocycles. The molecule has 1 aromatic carbocycles. The third-order valence-corrected chi connectivity index (χ3v) is 4.93. The van der Waals surface area contributed by atoms with E-state index in [2.05, 4.69) is 14.4 Å². The number of benzene rings is 1. The molecule has 6 nitrogen and oxygen atoms in total. The fraction of sp³-hybridized carbons (Fsp3) is 0.200. The van der Waals surface area contributed by atoms with Crippen LogP contribution in [0.3, 0.4) is 0 Å². The van der Waals surface area contributed by atoms with Crippen molar-refractivity contribution in [3.8, 4) is 0 Å². The van der Waals surface area contributed by atoms with Crippen molar-refractivity contribution in [3.05, 3.63) is 58.9 Å². The van der Waals surface area contributed by atoms with Gasteiger partial charge in [-0.2, -0.15) is 4.72 Å². The van der Waals surface area contributed by atoms with Gasteiger partial charge in [-0.25, -0.2) is 18.2 Å². The summed E-state index contributed by atoms with van der Waals surface area (Å²) in [4.78, 5) is 15.7. The number of hydrogen-bond acceptors (Lipinski definition) is 5. The summed E-state index contributed by atoms with van der Waals surface area (Å²) in [6, 6.07) is 8.67. The first-order chi connectivity index (χ1) is 10.8. The number of rotatable bonds is 5. The number of pyridine rings is 1. The highest BCUT2D eigenvalue weighted by Gasteiger charge is 2.28. The van der Waals surface area contributed by atoms with E-state index in [-0.39, 0.29) is 10.0 Å². The second-order valence-corrected chi connectivity index (χ2v) is 6.84. The molecule has 0 fully saturated rings. The summed E-state index contributed by atoms with van der Waals surface area (Å²) in [6.45, 7) is 1.64. The highest BCUT2D eigenvalue weighted by molar-refractivity contribution is 7.89. The summed E-state index contributed by atoms with van der Waals surface area (Å²) in [5, 5.41) is 0.219. The zero-order valence-corrected chi connectivity index (χ0v) is 14.1. The Balaban J connectivity index is 2.38. The molecular weight excluding hydrogens is 340 g/mol. The number of nitrogens with one attached hydrogen (secondary N) is 1. The summed E-state index contributed by atoms with van der Waals surface area (Å²) >= 11 is 5.80. The van der Waals surface area contributed by atoms with Gasteiger partial charge in [-0.05, 0) is 24.1 Å². The molecule has 0 bridgehead atoms. The van der Waals surface area contributed by atoms with Crippen LogP contribution in [0.4, 0.5) is 0 Å². The zero-order valence-electron chi connectivity index (χ0n) is 12.5. The van der Waals surface area contributed by atoms with E-state index in [1.165, 1.54) is 13.2 Å². The van der Waals surface area contributed by atoms with Crippen LogP contribution < -0.4 is 4.72 Å². The lowest BCUT2D eigenvalue weighted by Crippen LogP contribution is -2.34. The summed E-state index contributed by atoms with van der Waals surface area (Å²) < 4.78 is 32.0. The van der Waals surface area contributed by atoms with Crippen molar-refractivity contribution in [1.29, 1.82) is 0 Å². The average molecular weight is 355 g/mol. The van der Waals surface area contributed by atoms with Crippen molar-refractivity contribution in [2.45, 2.75) is 17.9 Å². The molecule has 8 heteroatoms. The zero-order chi connectivity index (χ0) is 17.0. The van der Waals surface area contributed by atoms with Crippen LogP contribution in [-0.4, -0.2) is 26.5 Å². The summed E-state index contributed by atoms with van der Waals surface area (Å²) in [5.41, 5.74) is 0.991. The number of carbonyl (C=O) groups is 1. The SMILES string of the molecule is COC(=O)C(NS(=O)(=O)c1cnc(Cl)c(C)c1)c1ccccc1. The maximum absolute atomic E-state index is 12.5. The quantitative estimate of drug-likeness (QED) is 0.657. The molecule has 0 saturated carbocycles. The van der Waals surface area contributed by atoms with Crippen molar-refractivity contribution < 1.29 is 17.9 Å². The molecule has 2 rings (SSSR count). The predicted octanol–water partition coefficient (Wildman–Crippen LogP) is 2.24. The summed E-state index contributed by atoms with van der Waals surface area (Å²) in [6.07, 6.45) is 1.14. The first-order valence-corrected chi connectivity index (χ1v) is 8.48. The van der Waals surface area contributed by atoms with Gasteiger partial charge in [0, 0.05) is 6.20 Å². The lowest BCUT2D eigenvalue weighted by atomic mass is 10.1. The van der Waals surface area contributed by atoms with Crippen molar-refractivity contribution in [1.82, 2.24) is 9.71 Å². The average Bonchev–Trinajstić information content (AvgIpc) is 2.55. The van der Waals surface area contributed by atoms with Gasteiger partial charge >= 0.3 is 5.97 Å². The Kier molecular flexibility index (Phi) is 5.35. The summed E-state index contributed by atoms with van der Waals surface area (Å²) in [7, 11) is -2.78. The number of hydrogen-bond donors (Lipinski definition) is 1. The maximum atomic E-state index is 12.5. The van der Waals surface area contributed by atoms with Crippen LogP contribution in [0, 0.1) is 6.92 Å². The molecule has 1 aromatic heterocycles. The molecule has 1 unspecified atom stereocenters. The molecule has 1 atom stereocenters. The minimum Gasteiger partial charge on any atom is -0.468 e. The van der Waals surface area contributed by atoms with E-state index in [1.807, 2.05) is 0 Å². The standard InChI is InChI=1S/C15H15ClN2O4S/c1-10-8-12(9-17-14(10)16)23(20,21)18-13(15(19)22-2)11-6-4-3-5-7-11/h3-9,13,18H,1-2H3. The van der Waals surface area contributed by atoms with Crippen LogP contribution in [0.1, 0.15) is 17.2 Å². The molecular formula is C15H15ClN2O4S. The van der Waals surface area contributed by atoms with E-state index in [9.17, 15) is 13.2 Å². The van der Waals surface area contributed by atoms with Gasteiger partial charge in [0.05, 0.1) is 7.11 Å². The highest BCUT2D eigenvalue weighted by Crippen LogP contribution is 2.20. The van der Waals surface area contributed by atoms with Crippen LogP contribution in [0.2, 0.25) is 5.15 Å². The van der Waals surface area contributed by atoms with Gasteiger partial charge in [0.15, 0.2) is 0 Å². The molecule has 0 saturated heterocycles. The van der Waals surface area contributed by atoms with Crippen molar-refractivity contribution in [2.75, 3.05) is 7.11 Å². The van der Waals surface area contributed by atoms with Gasteiger partial charge in [-0.1, -0.05) is 41.9 Å². The van der Waals surface area contributed by atoms with Crippen LogP contribution in [0.5, 0.6) is 0 Å². The number of nitrogens with zero attached hydrogens (tertiary/aromatic N) is 1. The maximum Gasteiger partial charge on any atom is 0.328 e. The monoisotopic (exact) mass is 354 g/mol. The third kappa shape index (κ3) is 4.07. The van der Waals surface area contributed by atoms with Crippen LogP contribution in [0.25, 0.3) is 0 Å². The Morgan fingerprint density at radius 2 is 1.96 bits per heavy atom. The first kappa shape index (κ1) is 17.4. The molecule has 0 aliphatic heterocycles. The Hall–Kier alpha value is -1.96. The molecule has 23 heavy (non-hydrogen) atoms. The van der Waals surface area contributed by atoms with Crippen molar-refractivity contribution in [3.63, 3.8) is 0 Å². The molecule has 0 amide bonds. The minimum absolute atomic E-state index is 0.0794. The second-order valence-electron chi connectivity index (χ2n) is 4.77. The van der Waals surface area contributed by atoms with Gasteiger partial charge in [0.25, 0.3) is 0 Å². The predicted molar refractivity (Wildman–Crippen MR) is 85.5 cm³/mol. The molecule has 122 valence electrons. The first-order valence-electron chi connectivity index (χ1n) is 6.62. The fourth-order valence-electron chi connectivity index (χ4n) is 1.92. The van der Waals surface area contributed by atoms with E-state index < -0.39 is 22.0 Å². The minimum atomic E-state index is -3.97. The molecule has 1 heterocycles. The number of aromatic nitrogens is 1. The van der Waals surface area contributed by atoms with Gasteiger partial charge in [0.2, 0.25) is 10.0 Å². The highest BCUT2D eigenvalue weighted by atomic mass is 35.5. The number of halogens is 1. The van der Waals surface area contributed by atoms with Crippen LogP contribution in [-0.2, 0) is 19.6 Å². The van der Waals surface area contributed by atoms with E-state index >= 15 is 0 Å². The van der Waals surface area contributed by atoms with Gasteiger partial charge in [0.1, 0.15) is 16.1 Å². The smallest absolute Gasteiger partial charge is 0.328 e. The van der Waals surface area contributed by atoms with E-state index in [1.54, 1.807) is 37.3 Å². The third-order valence-electron chi connectivity index (χ3n) is 3.14. The van der Waals surface area contributed by atoms with E-state index in [0.717, 1.165) is 6.20 Å². The Morgan fingerprint density at radius 1 is 1.30 bits per heavy atom. The molecule has 0 aliphatic rings. The topological polar surface area (TPSA) is 85.4 Å². The Labute approximate surface area is 139 Å². The fourth-order valence-corrected chi connectivity index (χ4v) is 3.22. The van der Waals surface area contributed by atoms with E-state index in [4.69, 9.17) is 11.6 Å². The Morgan fingerprint density at radius 3 is 2.52 bits per heavy atom. The number of aryl methyl sites for hydroxylation is 1. The number of methoxy groups -OCH3 is 1. The Bertz CT molecular complexity index is 809. The lowest BCUT2D eigenvalue weighted by molar-refractivity contribution is -0.142. The number of carbonyl (C=O) groups excluding carboxylic acids is 1. The number of ether oxygens (including phenoxy) is 1. The normalized spacial score (nSPS) is 12.7. The van der Waals surface area contributed by atoms with Gasteiger partial charge in [-0.3, -0.25) is 0 Å². The second kappa shape index (κ2) is 7.08. The lowest BCUT2D eigenvalue weighted by Gasteiger charge is -2.17. The molecule has 0 spiro atoms. The molecule has 1 N–H and O–H groups in total. The van der Waals surface area contributed by atoms with Crippen molar-refractivity contribution >= 4 is 27.6 Å². The molecule has 2 aromatic rings. The van der Waals surface area contributed by atoms with Gasteiger partial charge in [-0.15, -0.1) is 0 Å². The van der Waals surface area contributed by atoms with E-state index in [0.29, 0.717) is 11.1 Å². The number of esters is 1. The van der Waals surface area contributed by atoms with Crippen LogP contribution >= 0.6 is 11.6 Å².